The van der Waals surface area contributed by atoms with E-state index in [1.54, 1.807) is 12.4 Å². The first-order valence-electron chi connectivity index (χ1n) is 7.93. The van der Waals surface area contributed by atoms with Crippen LogP contribution in [-0.2, 0) is 0 Å². The zero-order valence-electron chi connectivity index (χ0n) is 12.7. The van der Waals surface area contributed by atoms with E-state index in [-0.39, 0.29) is 11.3 Å². The Bertz CT molecular complexity index is 572. The van der Waals surface area contributed by atoms with Gasteiger partial charge in [-0.25, -0.2) is 4.98 Å². The predicted molar refractivity (Wildman–Crippen MR) is 78.9 cm³/mol. The van der Waals surface area contributed by atoms with E-state index < -0.39 is 0 Å². The van der Waals surface area contributed by atoms with Crippen molar-refractivity contribution in [2.75, 3.05) is 6.54 Å². The minimum absolute atomic E-state index is 0.0489. The summed E-state index contributed by atoms with van der Waals surface area (Å²) in [6, 6.07) is 1.36. The molecule has 1 saturated carbocycles. The topological polar surface area (TPSA) is 58.1 Å². The molecule has 21 heavy (non-hydrogen) atoms. The molecule has 1 aliphatic carbocycles. The highest BCUT2D eigenvalue weighted by atomic mass is 16.2. The van der Waals surface area contributed by atoms with Crippen LogP contribution in [0.15, 0.2) is 12.4 Å². The van der Waals surface area contributed by atoms with E-state index in [2.05, 4.69) is 27.1 Å². The monoisotopic (exact) mass is 286 g/mol. The van der Waals surface area contributed by atoms with Crippen molar-refractivity contribution in [3.63, 3.8) is 0 Å². The lowest BCUT2D eigenvalue weighted by atomic mass is 9.66. The molecule has 3 fully saturated rings. The summed E-state index contributed by atoms with van der Waals surface area (Å²) in [7, 11) is 0. The van der Waals surface area contributed by atoms with Gasteiger partial charge in [0.15, 0.2) is 0 Å². The molecule has 1 N–H and O–H groups in total. The van der Waals surface area contributed by atoms with Gasteiger partial charge in [-0.05, 0) is 32.6 Å². The highest BCUT2D eigenvalue weighted by Gasteiger charge is 2.56. The molecule has 0 radical (unpaired) electrons. The van der Waals surface area contributed by atoms with Crippen LogP contribution in [0.4, 0.5) is 0 Å². The van der Waals surface area contributed by atoms with Gasteiger partial charge in [-0.2, -0.15) is 0 Å². The second-order valence-corrected chi connectivity index (χ2v) is 7.07. The Labute approximate surface area is 125 Å². The van der Waals surface area contributed by atoms with E-state index >= 15 is 0 Å². The van der Waals surface area contributed by atoms with Gasteiger partial charge in [0.05, 0.1) is 11.9 Å². The van der Waals surface area contributed by atoms with Crippen molar-refractivity contribution < 1.29 is 4.79 Å². The SMILES string of the molecule is Cc1cnc(C(=O)N2C[C@@H]3C[C@@]4(C)[C@H](CCC[C@@H]24)N3)cn1. The van der Waals surface area contributed by atoms with Gasteiger partial charge in [0, 0.05) is 36.3 Å². The zero-order chi connectivity index (χ0) is 14.6. The third kappa shape index (κ3) is 1.90. The normalized spacial score (nSPS) is 37.6. The van der Waals surface area contributed by atoms with Gasteiger partial charge in [-0.3, -0.25) is 9.78 Å². The molecule has 4 rings (SSSR count). The number of carbonyl (C=O) groups is 1. The molecule has 3 heterocycles. The van der Waals surface area contributed by atoms with Crippen molar-refractivity contribution in [3.8, 4) is 0 Å². The Morgan fingerprint density at radius 2 is 2.24 bits per heavy atom. The summed E-state index contributed by atoms with van der Waals surface area (Å²) in [4.78, 5) is 23.4. The van der Waals surface area contributed by atoms with Crippen molar-refractivity contribution in [3.05, 3.63) is 23.8 Å². The minimum Gasteiger partial charge on any atom is -0.332 e. The quantitative estimate of drug-likeness (QED) is 0.850. The number of nitrogens with one attached hydrogen (secondary N) is 1. The Morgan fingerprint density at radius 3 is 3.00 bits per heavy atom. The first kappa shape index (κ1) is 13.2. The van der Waals surface area contributed by atoms with E-state index in [1.807, 2.05) is 6.92 Å². The van der Waals surface area contributed by atoms with Crippen LogP contribution < -0.4 is 5.32 Å². The second kappa shape index (κ2) is 4.50. The van der Waals surface area contributed by atoms with E-state index in [0.29, 0.717) is 23.8 Å². The number of piperidine rings is 1. The number of fused-ring (bicyclic) bond motifs is 1. The average Bonchev–Trinajstić information content (AvgIpc) is 2.80. The number of likely N-dealkylation sites (tertiary alicyclic amines) is 1. The number of hydrogen-bond donors (Lipinski definition) is 1. The van der Waals surface area contributed by atoms with Crippen molar-refractivity contribution >= 4 is 5.91 Å². The van der Waals surface area contributed by atoms with Crippen LogP contribution >= 0.6 is 0 Å². The summed E-state index contributed by atoms with van der Waals surface area (Å²) in [5.41, 5.74) is 1.55. The fourth-order valence-electron chi connectivity index (χ4n) is 4.70. The molecular formula is C16H22N4O. The van der Waals surface area contributed by atoms with Gasteiger partial charge in [0.1, 0.15) is 5.69 Å². The summed E-state index contributed by atoms with van der Waals surface area (Å²) < 4.78 is 0. The van der Waals surface area contributed by atoms with E-state index in [0.717, 1.165) is 18.7 Å². The number of nitrogens with zero attached hydrogens (tertiary/aromatic N) is 3. The standard InChI is InChI=1S/C16H22N4O/c1-10-7-18-12(8-17-10)15(21)20-9-11-6-16(2)13(19-11)4-3-5-14(16)20/h7-8,11,13-14,19H,3-6,9H2,1-2H3/t11-,13-,14+,16-/m0/s1. The minimum atomic E-state index is 0.0489. The Hall–Kier alpha value is -1.49. The van der Waals surface area contributed by atoms with Gasteiger partial charge >= 0.3 is 0 Å². The summed E-state index contributed by atoms with van der Waals surface area (Å²) in [5, 5.41) is 3.74. The lowest BCUT2D eigenvalue weighted by Gasteiger charge is -2.50. The number of hydrogen-bond acceptors (Lipinski definition) is 4. The van der Waals surface area contributed by atoms with Crippen molar-refractivity contribution in [2.45, 2.75) is 57.7 Å². The Morgan fingerprint density at radius 1 is 1.38 bits per heavy atom. The third-order valence-electron chi connectivity index (χ3n) is 5.70. The summed E-state index contributed by atoms with van der Waals surface area (Å²) in [6.07, 6.45) is 8.06. The molecule has 5 nitrogen and oxygen atoms in total. The number of carbonyl (C=O) groups excluding carboxylic acids is 1. The summed E-state index contributed by atoms with van der Waals surface area (Å²) >= 11 is 0. The first-order chi connectivity index (χ1) is 10.1. The van der Waals surface area contributed by atoms with Gasteiger partial charge in [-0.15, -0.1) is 0 Å². The molecule has 5 heteroatoms. The molecule has 1 aromatic rings. The lowest BCUT2D eigenvalue weighted by molar-refractivity contribution is 0.0126. The first-order valence-corrected chi connectivity index (χ1v) is 7.93. The smallest absolute Gasteiger partial charge is 0.274 e. The molecule has 0 spiro atoms. The number of aryl methyl sites for hydroxylation is 1. The fourth-order valence-corrected chi connectivity index (χ4v) is 4.70. The van der Waals surface area contributed by atoms with Gasteiger partial charge < -0.3 is 10.2 Å². The van der Waals surface area contributed by atoms with E-state index in [9.17, 15) is 4.79 Å². The predicted octanol–water partition coefficient (Wildman–Crippen LogP) is 1.53. The van der Waals surface area contributed by atoms with Crippen molar-refractivity contribution in [1.29, 1.82) is 0 Å². The molecule has 0 unspecified atom stereocenters. The molecule has 1 amide bonds. The number of aromatic nitrogens is 2. The third-order valence-corrected chi connectivity index (χ3v) is 5.70. The Kier molecular flexibility index (Phi) is 2.83. The average molecular weight is 286 g/mol. The van der Waals surface area contributed by atoms with Crippen LogP contribution in [0.3, 0.4) is 0 Å². The van der Waals surface area contributed by atoms with Gasteiger partial charge in [0.2, 0.25) is 0 Å². The van der Waals surface area contributed by atoms with Gasteiger partial charge in [0.25, 0.3) is 5.91 Å². The number of rotatable bonds is 1. The summed E-state index contributed by atoms with van der Waals surface area (Å²) in [5.74, 6) is 0.0489. The van der Waals surface area contributed by atoms with E-state index in [1.165, 1.54) is 19.3 Å². The van der Waals surface area contributed by atoms with Crippen LogP contribution in [0.25, 0.3) is 0 Å². The number of amides is 1. The largest absolute Gasteiger partial charge is 0.332 e. The second-order valence-electron chi connectivity index (χ2n) is 7.07. The van der Waals surface area contributed by atoms with Gasteiger partial charge in [-0.1, -0.05) is 6.92 Å². The highest BCUT2D eigenvalue weighted by molar-refractivity contribution is 5.92. The Balaban J connectivity index is 1.66. The molecule has 1 aromatic heterocycles. The van der Waals surface area contributed by atoms with Crippen LogP contribution in [0.1, 0.15) is 48.8 Å². The molecular weight excluding hydrogens is 264 g/mol. The van der Waals surface area contributed by atoms with Crippen LogP contribution in [0.5, 0.6) is 0 Å². The molecule has 3 aliphatic rings. The molecule has 0 aromatic carbocycles. The zero-order valence-corrected chi connectivity index (χ0v) is 12.7. The maximum Gasteiger partial charge on any atom is 0.274 e. The fraction of sp³-hybridized carbons (Fsp3) is 0.688. The van der Waals surface area contributed by atoms with E-state index in [4.69, 9.17) is 0 Å². The lowest BCUT2D eigenvalue weighted by Crippen LogP contribution is -2.57. The highest BCUT2D eigenvalue weighted by Crippen LogP contribution is 2.50. The maximum absolute atomic E-state index is 12.9. The molecule has 4 atom stereocenters. The molecule has 2 saturated heterocycles. The van der Waals surface area contributed by atoms with Crippen LogP contribution in [-0.4, -0.2) is 45.4 Å². The molecule has 112 valence electrons. The molecule has 2 aliphatic heterocycles. The van der Waals surface area contributed by atoms with Crippen LogP contribution in [0, 0.1) is 12.3 Å². The van der Waals surface area contributed by atoms with Crippen molar-refractivity contribution in [1.82, 2.24) is 20.2 Å². The maximum atomic E-state index is 12.9. The molecule has 2 bridgehead atoms. The van der Waals surface area contributed by atoms with Crippen molar-refractivity contribution in [2.24, 2.45) is 5.41 Å². The van der Waals surface area contributed by atoms with Crippen LogP contribution in [0.2, 0.25) is 0 Å². The summed E-state index contributed by atoms with van der Waals surface area (Å²) in [6.45, 7) is 5.05.